The van der Waals surface area contributed by atoms with Crippen LogP contribution in [0.2, 0.25) is 0 Å². The Morgan fingerprint density at radius 2 is 2.10 bits per heavy atom. The van der Waals surface area contributed by atoms with Gasteiger partial charge in [-0.1, -0.05) is 11.2 Å². The highest BCUT2D eigenvalue weighted by molar-refractivity contribution is 7.89. The van der Waals surface area contributed by atoms with Crippen LogP contribution in [0.3, 0.4) is 0 Å². The minimum Gasteiger partial charge on any atom is -0.452 e. The van der Waals surface area contributed by atoms with Gasteiger partial charge in [0.15, 0.2) is 12.4 Å². The minimum absolute atomic E-state index is 0.109. The summed E-state index contributed by atoms with van der Waals surface area (Å²) in [6.45, 7) is 3.09. The molecule has 1 aromatic heterocycles. The van der Waals surface area contributed by atoms with Crippen molar-refractivity contribution in [1.29, 1.82) is 0 Å². The van der Waals surface area contributed by atoms with Crippen molar-refractivity contribution in [2.75, 3.05) is 0 Å². The summed E-state index contributed by atoms with van der Waals surface area (Å²) in [7, 11) is -3.89. The smallest absolute Gasteiger partial charge is 0.338 e. The summed E-state index contributed by atoms with van der Waals surface area (Å²) in [4.78, 5) is 15.7. The lowest BCUT2D eigenvalue weighted by Crippen LogP contribution is -2.14. The van der Waals surface area contributed by atoms with Crippen LogP contribution in [0.4, 0.5) is 0 Å². The van der Waals surface area contributed by atoms with E-state index in [2.05, 4.69) is 10.1 Å². The Hall–Kier alpha value is -2.26. The lowest BCUT2D eigenvalue weighted by Gasteiger charge is -2.07. The largest absolute Gasteiger partial charge is 0.452 e. The quantitative estimate of drug-likeness (QED) is 0.823. The van der Waals surface area contributed by atoms with Gasteiger partial charge in [0.25, 0.3) is 5.89 Å². The molecule has 0 fully saturated rings. The fourth-order valence-electron chi connectivity index (χ4n) is 1.60. The van der Waals surface area contributed by atoms with Gasteiger partial charge in [0.2, 0.25) is 10.0 Å². The maximum absolute atomic E-state index is 12.0. The maximum atomic E-state index is 12.0. The van der Waals surface area contributed by atoms with Crippen molar-refractivity contribution in [3.8, 4) is 0 Å². The maximum Gasteiger partial charge on any atom is 0.338 e. The first-order chi connectivity index (χ1) is 9.77. The number of primary sulfonamides is 1. The van der Waals surface area contributed by atoms with E-state index in [0.29, 0.717) is 11.4 Å². The zero-order valence-corrected chi connectivity index (χ0v) is 12.2. The van der Waals surface area contributed by atoms with Crippen molar-refractivity contribution in [2.45, 2.75) is 25.3 Å². The van der Waals surface area contributed by atoms with Crippen LogP contribution in [0.15, 0.2) is 27.6 Å². The Kier molecular flexibility index (Phi) is 4.05. The molecule has 0 radical (unpaired) electrons. The van der Waals surface area contributed by atoms with Gasteiger partial charge in [-0.25, -0.2) is 18.4 Å². The fourth-order valence-corrected chi connectivity index (χ4v) is 2.14. The number of aromatic nitrogens is 2. The molecule has 0 aliphatic rings. The second kappa shape index (κ2) is 5.62. The number of carbonyl (C=O) groups is 1. The van der Waals surface area contributed by atoms with Crippen molar-refractivity contribution in [3.63, 3.8) is 0 Å². The van der Waals surface area contributed by atoms with Gasteiger partial charge in [0.05, 0.1) is 10.5 Å². The van der Waals surface area contributed by atoms with Gasteiger partial charge in [-0.05, 0) is 31.5 Å². The number of ether oxygens (including phenoxy) is 1. The van der Waals surface area contributed by atoms with Gasteiger partial charge >= 0.3 is 5.97 Å². The molecule has 21 heavy (non-hydrogen) atoms. The van der Waals surface area contributed by atoms with E-state index in [1.54, 1.807) is 13.8 Å². The molecule has 0 aliphatic heterocycles. The van der Waals surface area contributed by atoms with Crippen LogP contribution in [-0.2, 0) is 21.4 Å². The lowest BCUT2D eigenvalue weighted by atomic mass is 10.1. The van der Waals surface area contributed by atoms with Crippen LogP contribution in [0, 0.1) is 13.8 Å². The highest BCUT2D eigenvalue weighted by Crippen LogP contribution is 2.16. The molecular formula is C12H13N3O5S. The van der Waals surface area contributed by atoms with Crippen LogP contribution in [-0.4, -0.2) is 24.5 Å². The number of nitrogens with two attached hydrogens (primary N) is 1. The molecule has 1 heterocycles. The van der Waals surface area contributed by atoms with E-state index in [-0.39, 0.29) is 23.0 Å². The standard InChI is InChI=1S/C12H13N3O5S/c1-7-3-4-9(21(13,17)18)5-10(7)12(16)19-6-11-14-8(2)15-20-11/h3-5H,6H2,1-2H3,(H2,13,17,18). The van der Waals surface area contributed by atoms with Crippen LogP contribution in [0.5, 0.6) is 0 Å². The summed E-state index contributed by atoms with van der Waals surface area (Å²) in [6.07, 6.45) is 0. The summed E-state index contributed by atoms with van der Waals surface area (Å²) in [5.74, 6) is -0.122. The molecule has 2 rings (SSSR count). The number of hydrogen-bond acceptors (Lipinski definition) is 7. The van der Waals surface area contributed by atoms with E-state index in [1.807, 2.05) is 0 Å². The average molecular weight is 311 g/mol. The third-order valence-electron chi connectivity index (χ3n) is 2.65. The summed E-state index contributed by atoms with van der Waals surface area (Å²) in [5.41, 5.74) is 0.673. The summed E-state index contributed by atoms with van der Waals surface area (Å²) < 4.78 is 32.4. The molecule has 0 spiro atoms. The number of benzene rings is 1. The summed E-state index contributed by atoms with van der Waals surface area (Å²) in [5, 5.41) is 8.59. The van der Waals surface area contributed by atoms with E-state index in [0.717, 1.165) is 0 Å². The zero-order chi connectivity index (χ0) is 15.6. The van der Waals surface area contributed by atoms with Gasteiger partial charge < -0.3 is 9.26 Å². The Labute approximate surface area is 121 Å². The first-order valence-corrected chi connectivity index (χ1v) is 7.42. The first-order valence-electron chi connectivity index (χ1n) is 5.87. The summed E-state index contributed by atoms with van der Waals surface area (Å²) >= 11 is 0. The van der Waals surface area contributed by atoms with E-state index in [9.17, 15) is 13.2 Å². The molecule has 1 aromatic carbocycles. The number of esters is 1. The monoisotopic (exact) mass is 311 g/mol. The zero-order valence-electron chi connectivity index (χ0n) is 11.4. The van der Waals surface area contributed by atoms with E-state index in [4.69, 9.17) is 14.4 Å². The lowest BCUT2D eigenvalue weighted by molar-refractivity contribution is 0.0428. The predicted molar refractivity (Wildman–Crippen MR) is 70.7 cm³/mol. The van der Waals surface area contributed by atoms with E-state index in [1.165, 1.54) is 18.2 Å². The highest BCUT2D eigenvalue weighted by Gasteiger charge is 2.17. The van der Waals surface area contributed by atoms with Crippen molar-refractivity contribution in [3.05, 3.63) is 41.0 Å². The van der Waals surface area contributed by atoms with Crippen LogP contribution < -0.4 is 5.14 Å². The number of sulfonamides is 1. The molecule has 0 amide bonds. The Balaban J connectivity index is 2.18. The minimum atomic E-state index is -3.89. The third-order valence-corrected chi connectivity index (χ3v) is 3.56. The normalized spacial score (nSPS) is 11.4. The molecule has 9 heteroatoms. The molecule has 0 saturated carbocycles. The second-order valence-corrected chi connectivity index (χ2v) is 5.89. The Morgan fingerprint density at radius 1 is 1.38 bits per heavy atom. The molecule has 2 N–H and O–H groups in total. The molecule has 112 valence electrons. The number of nitrogens with zero attached hydrogens (tertiary/aromatic N) is 2. The van der Waals surface area contributed by atoms with Crippen molar-refractivity contribution >= 4 is 16.0 Å². The molecule has 8 nitrogen and oxygen atoms in total. The van der Waals surface area contributed by atoms with Crippen LogP contribution >= 0.6 is 0 Å². The number of rotatable bonds is 4. The van der Waals surface area contributed by atoms with Crippen LogP contribution in [0.25, 0.3) is 0 Å². The van der Waals surface area contributed by atoms with Crippen molar-refractivity contribution in [2.24, 2.45) is 5.14 Å². The molecule has 0 aliphatic carbocycles. The Morgan fingerprint density at radius 3 is 2.67 bits per heavy atom. The van der Waals surface area contributed by atoms with Gasteiger partial charge in [-0.3, -0.25) is 0 Å². The van der Waals surface area contributed by atoms with Gasteiger partial charge in [-0.15, -0.1) is 0 Å². The topological polar surface area (TPSA) is 125 Å². The van der Waals surface area contributed by atoms with Crippen molar-refractivity contribution < 1.29 is 22.5 Å². The third kappa shape index (κ3) is 3.64. The number of aryl methyl sites for hydroxylation is 2. The highest BCUT2D eigenvalue weighted by atomic mass is 32.2. The summed E-state index contributed by atoms with van der Waals surface area (Å²) in [6, 6.07) is 3.97. The van der Waals surface area contributed by atoms with Crippen LogP contribution in [0.1, 0.15) is 27.6 Å². The van der Waals surface area contributed by atoms with Crippen molar-refractivity contribution in [1.82, 2.24) is 10.1 Å². The first kappa shape index (κ1) is 15.1. The predicted octanol–water partition coefficient (Wildman–Crippen LogP) is 0.691. The molecule has 0 saturated heterocycles. The van der Waals surface area contributed by atoms with Gasteiger partial charge in [0, 0.05) is 0 Å². The molecule has 0 bridgehead atoms. The van der Waals surface area contributed by atoms with Gasteiger partial charge in [0.1, 0.15) is 0 Å². The molecule has 0 unspecified atom stereocenters. The molecule has 2 aromatic rings. The SMILES string of the molecule is Cc1noc(COC(=O)c2cc(S(N)(=O)=O)ccc2C)n1. The van der Waals surface area contributed by atoms with E-state index >= 15 is 0 Å². The number of hydrogen-bond donors (Lipinski definition) is 1. The average Bonchev–Trinajstić information content (AvgIpc) is 2.81. The second-order valence-electron chi connectivity index (χ2n) is 4.33. The fraction of sp³-hybridized carbons (Fsp3) is 0.250. The molecule has 0 atom stereocenters. The number of carbonyl (C=O) groups excluding carboxylic acids is 1. The van der Waals surface area contributed by atoms with Gasteiger partial charge in [-0.2, -0.15) is 4.98 Å². The van der Waals surface area contributed by atoms with E-state index < -0.39 is 16.0 Å². The Bertz CT molecular complexity index is 782. The molecular weight excluding hydrogens is 298 g/mol.